The third kappa shape index (κ3) is 3.30. The molecule has 5 heteroatoms. The Kier molecular flexibility index (Phi) is 4.50. The summed E-state index contributed by atoms with van der Waals surface area (Å²) in [6.45, 7) is 3.43. The Bertz CT molecular complexity index is 885. The Morgan fingerprint density at radius 1 is 1.16 bits per heavy atom. The molecule has 4 rings (SSSR count). The second kappa shape index (κ2) is 6.79. The molecule has 1 atom stereocenters. The van der Waals surface area contributed by atoms with Crippen molar-refractivity contribution in [3.05, 3.63) is 65.1 Å². The van der Waals surface area contributed by atoms with Crippen LogP contribution in [0.3, 0.4) is 0 Å². The highest BCUT2D eigenvalue weighted by atomic mass is 35.5. The molecule has 1 aliphatic heterocycles. The monoisotopic (exact) mass is 359 g/mol. The second-order valence-corrected chi connectivity index (χ2v) is 6.89. The molecule has 0 aliphatic carbocycles. The summed E-state index contributed by atoms with van der Waals surface area (Å²) < 4.78 is 26.6. The number of hydrogen-bond donors (Lipinski definition) is 0. The van der Waals surface area contributed by atoms with E-state index in [1.807, 2.05) is 18.2 Å². The molecule has 0 N–H and O–H groups in total. The molecule has 3 nitrogen and oxygen atoms in total. The number of hydrogen-bond acceptors (Lipinski definition) is 2. The number of rotatable bonds is 4. The highest BCUT2D eigenvalue weighted by molar-refractivity contribution is 6.31. The first-order valence-electron chi connectivity index (χ1n) is 8.40. The van der Waals surface area contributed by atoms with Crippen LogP contribution in [0.25, 0.3) is 16.6 Å². The zero-order valence-corrected chi connectivity index (χ0v) is 14.7. The fourth-order valence-corrected chi connectivity index (χ4v) is 3.57. The molecule has 1 fully saturated rings. The van der Waals surface area contributed by atoms with E-state index in [9.17, 15) is 4.39 Å². The average molecular weight is 360 g/mol. The quantitative estimate of drug-likeness (QED) is 0.656. The van der Waals surface area contributed by atoms with Gasteiger partial charge >= 0.3 is 0 Å². The SMILES string of the molecule is CC(Cc1cn(-c2ccc(F)cc2)c2ccc(Cl)cc12)C1OCCO1. The molecule has 2 aromatic carbocycles. The lowest BCUT2D eigenvalue weighted by molar-refractivity contribution is -0.0779. The summed E-state index contributed by atoms with van der Waals surface area (Å²) in [7, 11) is 0. The average Bonchev–Trinajstić information content (AvgIpc) is 3.24. The van der Waals surface area contributed by atoms with Crippen LogP contribution >= 0.6 is 11.6 Å². The van der Waals surface area contributed by atoms with Gasteiger partial charge in [0.2, 0.25) is 0 Å². The number of benzene rings is 2. The molecule has 0 spiro atoms. The van der Waals surface area contributed by atoms with Gasteiger partial charge < -0.3 is 14.0 Å². The van der Waals surface area contributed by atoms with Crippen molar-refractivity contribution in [3.8, 4) is 5.69 Å². The van der Waals surface area contributed by atoms with Gasteiger partial charge in [-0.2, -0.15) is 0 Å². The van der Waals surface area contributed by atoms with Crippen molar-refractivity contribution in [2.75, 3.05) is 13.2 Å². The van der Waals surface area contributed by atoms with Crippen molar-refractivity contribution >= 4 is 22.5 Å². The van der Waals surface area contributed by atoms with Gasteiger partial charge in [0.05, 0.1) is 18.7 Å². The van der Waals surface area contributed by atoms with E-state index in [4.69, 9.17) is 21.1 Å². The lowest BCUT2D eigenvalue weighted by Gasteiger charge is -2.17. The molecule has 25 heavy (non-hydrogen) atoms. The van der Waals surface area contributed by atoms with E-state index >= 15 is 0 Å². The lowest BCUT2D eigenvalue weighted by atomic mass is 10.00. The van der Waals surface area contributed by atoms with Gasteiger partial charge in [-0.15, -0.1) is 0 Å². The maximum Gasteiger partial charge on any atom is 0.160 e. The zero-order chi connectivity index (χ0) is 17.4. The molecule has 130 valence electrons. The van der Waals surface area contributed by atoms with Gasteiger partial charge in [-0.05, 0) is 54.4 Å². The van der Waals surface area contributed by atoms with Crippen LogP contribution in [0, 0.1) is 11.7 Å². The van der Waals surface area contributed by atoms with E-state index in [0.29, 0.717) is 18.2 Å². The highest BCUT2D eigenvalue weighted by Crippen LogP contribution is 2.30. The molecule has 0 radical (unpaired) electrons. The third-order valence-electron chi connectivity index (χ3n) is 4.61. The smallest absolute Gasteiger partial charge is 0.160 e. The van der Waals surface area contributed by atoms with Crippen molar-refractivity contribution in [3.63, 3.8) is 0 Å². The largest absolute Gasteiger partial charge is 0.350 e. The molecule has 1 saturated heterocycles. The van der Waals surface area contributed by atoms with Crippen LogP contribution < -0.4 is 0 Å². The van der Waals surface area contributed by atoms with Crippen molar-refractivity contribution < 1.29 is 13.9 Å². The fraction of sp³-hybridized carbons (Fsp3) is 0.300. The predicted octanol–water partition coefficient (Wildman–Crippen LogP) is 4.97. The van der Waals surface area contributed by atoms with Gasteiger partial charge in [0.25, 0.3) is 0 Å². The first-order valence-corrected chi connectivity index (χ1v) is 8.78. The van der Waals surface area contributed by atoms with E-state index in [0.717, 1.165) is 23.0 Å². The van der Waals surface area contributed by atoms with Gasteiger partial charge in [-0.25, -0.2) is 4.39 Å². The molecular weight excluding hydrogens is 341 g/mol. The van der Waals surface area contributed by atoms with Crippen LogP contribution in [-0.4, -0.2) is 24.1 Å². The normalized spacial score (nSPS) is 16.6. The number of aromatic nitrogens is 1. The van der Waals surface area contributed by atoms with Gasteiger partial charge in [0.1, 0.15) is 5.82 Å². The van der Waals surface area contributed by atoms with Crippen molar-refractivity contribution in [2.24, 2.45) is 5.92 Å². The van der Waals surface area contributed by atoms with Gasteiger partial charge in [-0.3, -0.25) is 0 Å². The molecular formula is C20H19ClFNO2. The first kappa shape index (κ1) is 16.6. The van der Waals surface area contributed by atoms with Crippen LogP contribution in [0.2, 0.25) is 5.02 Å². The Morgan fingerprint density at radius 3 is 2.60 bits per heavy atom. The number of nitrogens with zero attached hydrogens (tertiary/aromatic N) is 1. The zero-order valence-electron chi connectivity index (χ0n) is 13.9. The summed E-state index contributed by atoms with van der Waals surface area (Å²) in [6, 6.07) is 12.4. The van der Waals surface area contributed by atoms with Crippen LogP contribution in [0.1, 0.15) is 12.5 Å². The minimum Gasteiger partial charge on any atom is -0.350 e. The summed E-state index contributed by atoms with van der Waals surface area (Å²) >= 11 is 6.22. The topological polar surface area (TPSA) is 23.4 Å². The summed E-state index contributed by atoms with van der Waals surface area (Å²) in [5.74, 6) is -0.0126. The first-order chi connectivity index (χ1) is 12.1. The summed E-state index contributed by atoms with van der Waals surface area (Å²) in [6.07, 6.45) is 2.75. The van der Waals surface area contributed by atoms with Crippen LogP contribution in [0.5, 0.6) is 0 Å². The Morgan fingerprint density at radius 2 is 1.88 bits per heavy atom. The predicted molar refractivity (Wildman–Crippen MR) is 96.8 cm³/mol. The van der Waals surface area contributed by atoms with Gasteiger partial charge in [0, 0.05) is 28.2 Å². The van der Waals surface area contributed by atoms with E-state index in [2.05, 4.69) is 17.7 Å². The molecule has 0 bridgehead atoms. The Balaban J connectivity index is 1.75. The van der Waals surface area contributed by atoms with E-state index in [1.165, 1.54) is 17.7 Å². The highest BCUT2D eigenvalue weighted by Gasteiger charge is 2.24. The fourth-order valence-electron chi connectivity index (χ4n) is 3.40. The number of ether oxygens (including phenoxy) is 2. The maximum atomic E-state index is 13.3. The molecule has 0 amide bonds. The van der Waals surface area contributed by atoms with Crippen LogP contribution in [-0.2, 0) is 15.9 Å². The lowest BCUT2D eigenvalue weighted by Crippen LogP contribution is -2.20. The molecule has 1 aliphatic rings. The summed E-state index contributed by atoms with van der Waals surface area (Å²) in [5, 5.41) is 1.80. The molecule has 2 heterocycles. The van der Waals surface area contributed by atoms with Gasteiger partial charge in [-0.1, -0.05) is 18.5 Å². The molecule has 1 unspecified atom stereocenters. The molecule has 1 aromatic heterocycles. The second-order valence-electron chi connectivity index (χ2n) is 6.45. The molecule has 3 aromatic rings. The van der Waals surface area contributed by atoms with Crippen LogP contribution in [0.15, 0.2) is 48.7 Å². The molecule has 0 saturated carbocycles. The number of fused-ring (bicyclic) bond motifs is 1. The maximum absolute atomic E-state index is 13.3. The van der Waals surface area contributed by atoms with Crippen LogP contribution in [0.4, 0.5) is 4.39 Å². The van der Waals surface area contributed by atoms with E-state index in [1.54, 1.807) is 12.1 Å². The minimum absolute atomic E-state index is 0.164. The Hall–Kier alpha value is -1.88. The van der Waals surface area contributed by atoms with Gasteiger partial charge in [0.15, 0.2) is 6.29 Å². The van der Waals surface area contributed by atoms with E-state index < -0.39 is 0 Å². The minimum atomic E-state index is -0.243. The van der Waals surface area contributed by atoms with Crippen molar-refractivity contribution in [1.29, 1.82) is 0 Å². The Labute approximate surface area is 150 Å². The standard InChI is InChI=1S/C20H19ClFNO2/c1-13(20-24-8-9-25-20)10-14-12-23(17-5-3-16(22)4-6-17)19-7-2-15(21)11-18(14)19/h2-7,11-13,20H,8-10H2,1H3. The number of halogens is 2. The van der Waals surface area contributed by atoms with Crippen molar-refractivity contribution in [1.82, 2.24) is 4.57 Å². The van der Waals surface area contributed by atoms with E-state index in [-0.39, 0.29) is 18.0 Å². The summed E-state index contributed by atoms with van der Waals surface area (Å²) in [5.41, 5.74) is 3.14. The summed E-state index contributed by atoms with van der Waals surface area (Å²) in [4.78, 5) is 0. The van der Waals surface area contributed by atoms with Crippen molar-refractivity contribution in [2.45, 2.75) is 19.6 Å². The third-order valence-corrected chi connectivity index (χ3v) is 4.84.